The highest BCUT2D eigenvalue weighted by atomic mass is 19.1. The van der Waals surface area contributed by atoms with Crippen LogP contribution in [-0.2, 0) is 28.9 Å². The molecule has 0 fully saturated rings. The van der Waals surface area contributed by atoms with Crippen LogP contribution >= 0.6 is 0 Å². The van der Waals surface area contributed by atoms with Crippen LogP contribution in [0.1, 0.15) is 43.9 Å². The number of benzene rings is 3. The van der Waals surface area contributed by atoms with E-state index < -0.39 is 11.8 Å². The fraction of sp³-hybridized carbons (Fsp3) is 0.367. The zero-order chi connectivity index (χ0) is 26.4. The molecular formula is C30H34FNO5. The second-order valence-electron chi connectivity index (χ2n) is 9.79. The summed E-state index contributed by atoms with van der Waals surface area (Å²) in [5.41, 5.74) is 4.99. The van der Waals surface area contributed by atoms with E-state index in [1.807, 2.05) is 31.2 Å². The lowest BCUT2D eigenvalue weighted by Gasteiger charge is -2.19. The molecule has 0 unspecified atom stereocenters. The number of carboxylic acid groups (broad SMARTS) is 1. The van der Waals surface area contributed by atoms with Gasteiger partial charge in [0.2, 0.25) is 0 Å². The van der Waals surface area contributed by atoms with Crippen LogP contribution in [0.4, 0.5) is 10.1 Å². The van der Waals surface area contributed by atoms with E-state index in [0.717, 1.165) is 40.2 Å². The molecule has 2 N–H and O–H groups in total. The first kappa shape index (κ1) is 26.5. The molecule has 0 aromatic heterocycles. The van der Waals surface area contributed by atoms with Gasteiger partial charge in [-0.25, -0.2) is 4.39 Å². The normalized spacial score (nSPS) is 13.6. The van der Waals surface area contributed by atoms with Gasteiger partial charge >= 0.3 is 5.97 Å². The Bertz CT molecular complexity index is 1240. The van der Waals surface area contributed by atoms with Crippen molar-refractivity contribution in [1.29, 1.82) is 0 Å². The van der Waals surface area contributed by atoms with Crippen molar-refractivity contribution in [2.45, 2.75) is 52.2 Å². The molecule has 0 atom stereocenters. The van der Waals surface area contributed by atoms with Gasteiger partial charge in [-0.05, 0) is 79.8 Å². The fourth-order valence-corrected chi connectivity index (χ4v) is 4.49. The third-order valence-electron chi connectivity index (χ3n) is 6.24. The van der Waals surface area contributed by atoms with Crippen LogP contribution < -0.4 is 14.8 Å². The quantitative estimate of drug-likeness (QED) is 0.282. The predicted molar refractivity (Wildman–Crippen MR) is 142 cm³/mol. The van der Waals surface area contributed by atoms with E-state index in [9.17, 15) is 9.18 Å². The monoisotopic (exact) mass is 507 g/mol. The van der Waals surface area contributed by atoms with E-state index in [1.54, 1.807) is 12.1 Å². The second kappa shape index (κ2) is 11.6. The summed E-state index contributed by atoms with van der Waals surface area (Å²) < 4.78 is 31.9. The molecule has 0 radical (unpaired) electrons. The third kappa shape index (κ3) is 7.01. The maximum atomic E-state index is 14.5. The Morgan fingerprint density at radius 1 is 1.11 bits per heavy atom. The van der Waals surface area contributed by atoms with Crippen molar-refractivity contribution >= 4 is 11.7 Å². The Balaban J connectivity index is 1.51. The van der Waals surface area contributed by atoms with Gasteiger partial charge in [-0.2, -0.15) is 0 Å². The molecule has 1 aliphatic heterocycles. The number of aliphatic carboxylic acids is 1. The van der Waals surface area contributed by atoms with Gasteiger partial charge in [-0.15, -0.1) is 0 Å². The summed E-state index contributed by atoms with van der Waals surface area (Å²) in [4.78, 5) is 10.8. The van der Waals surface area contributed by atoms with E-state index in [1.165, 1.54) is 6.07 Å². The molecule has 3 aromatic rings. The number of anilines is 1. The zero-order valence-electron chi connectivity index (χ0n) is 21.6. The maximum absolute atomic E-state index is 14.5. The van der Waals surface area contributed by atoms with E-state index >= 15 is 0 Å². The molecule has 0 saturated carbocycles. The molecular weight excluding hydrogens is 473 g/mol. The molecule has 0 saturated heterocycles. The summed E-state index contributed by atoms with van der Waals surface area (Å²) in [5.74, 6) is 0.338. The van der Waals surface area contributed by atoms with Gasteiger partial charge in [0, 0.05) is 37.2 Å². The summed E-state index contributed by atoms with van der Waals surface area (Å²) in [6.45, 7) is 8.35. The lowest BCUT2D eigenvalue weighted by atomic mass is 9.95. The van der Waals surface area contributed by atoms with Crippen molar-refractivity contribution in [1.82, 2.24) is 0 Å². The number of carboxylic acids is 1. The number of hydrogen-bond donors (Lipinski definition) is 2. The molecule has 7 heteroatoms. The van der Waals surface area contributed by atoms with E-state index in [-0.39, 0.29) is 18.4 Å². The van der Waals surface area contributed by atoms with Crippen LogP contribution in [-0.4, -0.2) is 36.5 Å². The van der Waals surface area contributed by atoms with Crippen molar-refractivity contribution in [3.8, 4) is 22.6 Å². The topological polar surface area (TPSA) is 77.0 Å². The smallest absolute Gasteiger partial charge is 0.303 e. The molecule has 3 aromatic carbocycles. The molecule has 4 rings (SSSR count). The van der Waals surface area contributed by atoms with Gasteiger partial charge < -0.3 is 24.6 Å². The highest BCUT2D eigenvalue weighted by Crippen LogP contribution is 2.43. The van der Waals surface area contributed by atoms with Crippen LogP contribution in [0, 0.1) is 5.82 Å². The maximum Gasteiger partial charge on any atom is 0.303 e. The number of nitrogens with one attached hydrogen (secondary N) is 1. The van der Waals surface area contributed by atoms with Gasteiger partial charge in [0.25, 0.3) is 0 Å². The lowest BCUT2D eigenvalue weighted by Crippen LogP contribution is -2.24. The Labute approximate surface area is 217 Å². The molecule has 37 heavy (non-hydrogen) atoms. The van der Waals surface area contributed by atoms with Gasteiger partial charge in [0.15, 0.2) is 0 Å². The first-order chi connectivity index (χ1) is 17.7. The summed E-state index contributed by atoms with van der Waals surface area (Å²) >= 11 is 0. The third-order valence-corrected chi connectivity index (χ3v) is 6.24. The minimum Gasteiger partial charge on any atom is -0.491 e. The highest BCUT2D eigenvalue weighted by molar-refractivity contribution is 5.75. The largest absolute Gasteiger partial charge is 0.491 e. The summed E-state index contributed by atoms with van der Waals surface area (Å²) in [5, 5.41) is 12.1. The van der Waals surface area contributed by atoms with E-state index in [0.29, 0.717) is 37.6 Å². The molecule has 1 aliphatic rings. The average molecular weight is 508 g/mol. The van der Waals surface area contributed by atoms with Crippen LogP contribution in [0.2, 0.25) is 0 Å². The number of fused-ring (bicyclic) bond motifs is 1. The molecule has 1 heterocycles. The lowest BCUT2D eigenvalue weighted by molar-refractivity contribution is -0.136. The van der Waals surface area contributed by atoms with Crippen LogP contribution in [0.25, 0.3) is 11.1 Å². The van der Waals surface area contributed by atoms with Gasteiger partial charge in [-0.1, -0.05) is 24.3 Å². The predicted octanol–water partition coefficient (Wildman–Crippen LogP) is 6.25. The molecule has 0 amide bonds. The Kier molecular flexibility index (Phi) is 8.34. The van der Waals surface area contributed by atoms with Crippen molar-refractivity contribution in [2.24, 2.45) is 0 Å². The van der Waals surface area contributed by atoms with E-state index in [4.69, 9.17) is 19.3 Å². The van der Waals surface area contributed by atoms with Crippen molar-refractivity contribution in [3.63, 3.8) is 0 Å². The summed E-state index contributed by atoms with van der Waals surface area (Å²) in [7, 11) is 0. The molecule has 0 aliphatic carbocycles. The Morgan fingerprint density at radius 3 is 2.59 bits per heavy atom. The Hall–Kier alpha value is -3.58. The van der Waals surface area contributed by atoms with Crippen LogP contribution in [0.15, 0.2) is 54.6 Å². The van der Waals surface area contributed by atoms with Crippen molar-refractivity contribution < 1.29 is 28.5 Å². The van der Waals surface area contributed by atoms with Gasteiger partial charge in [-0.3, -0.25) is 4.79 Å². The van der Waals surface area contributed by atoms with Crippen LogP contribution in [0.5, 0.6) is 11.5 Å². The van der Waals surface area contributed by atoms with Gasteiger partial charge in [0.1, 0.15) is 29.5 Å². The minimum absolute atomic E-state index is 0.0968. The van der Waals surface area contributed by atoms with Crippen molar-refractivity contribution in [3.05, 3.63) is 77.1 Å². The fourth-order valence-electron chi connectivity index (χ4n) is 4.49. The molecule has 0 bridgehead atoms. The first-order valence-electron chi connectivity index (χ1n) is 12.6. The molecule has 0 spiro atoms. The van der Waals surface area contributed by atoms with E-state index in [2.05, 4.69) is 31.3 Å². The number of hydrogen-bond acceptors (Lipinski definition) is 5. The summed E-state index contributed by atoms with van der Waals surface area (Å²) in [6.07, 6.45) is 0.872. The second-order valence-corrected chi connectivity index (χ2v) is 9.79. The van der Waals surface area contributed by atoms with Crippen molar-refractivity contribution in [2.75, 3.05) is 25.1 Å². The van der Waals surface area contributed by atoms with Gasteiger partial charge in [0.05, 0.1) is 6.61 Å². The number of aryl methyl sites for hydroxylation is 1. The zero-order valence-corrected chi connectivity index (χ0v) is 21.6. The average Bonchev–Trinajstić information content (AvgIpc) is 3.18. The number of rotatable bonds is 12. The SMILES string of the molecule is CCOCCOc1ccc(-c2cc(CNc3ccc(CCC(=O)O)c(F)c3)cc3c2OC(C)(C)C3)cc1. The Morgan fingerprint density at radius 2 is 1.89 bits per heavy atom. The molecule has 196 valence electrons. The van der Waals surface area contributed by atoms with Crippen LogP contribution in [0.3, 0.4) is 0 Å². The summed E-state index contributed by atoms with van der Waals surface area (Å²) in [6, 6.07) is 17.1. The first-order valence-corrected chi connectivity index (χ1v) is 12.6. The number of ether oxygens (including phenoxy) is 3. The minimum atomic E-state index is -0.940. The molecule has 6 nitrogen and oxygen atoms in total. The highest BCUT2D eigenvalue weighted by Gasteiger charge is 2.32. The number of carbonyl (C=O) groups is 1. The number of halogens is 1. The standard InChI is InChI=1S/C30H34FNO5/c1-4-35-13-14-36-25-10-6-21(7-11-25)26-16-20(15-23-18-30(2,3)37-29(23)26)19-32-24-9-5-22(27(31)17-24)8-12-28(33)34/h5-7,9-11,15-17,32H,4,8,12-14,18-19H2,1-3H3,(H,33,34).